The number of fused-ring (bicyclic) bond motifs is 5. The molecule has 1 fully saturated rings. The summed E-state index contributed by atoms with van der Waals surface area (Å²) in [5.74, 6) is 0.808. The first-order chi connectivity index (χ1) is 12.7. The number of aromatic nitrogens is 4. The second kappa shape index (κ2) is 6.14. The maximum atomic E-state index is 10.8. The molecule has 26 heavy (non-hydrogen) atoms. The molecule has 2 aliphatic heterocycles. The van der Waals surface area contributed by atoms with Gasteiger partial charge in [-0.3, -0.25) is 9.88 Å². The fourth-order valence-electron chi connectivity index (χ4n) is 4.65. The lowest BCUT2D eigenvalue weighted by atomic mass is 9.98. The van der Waals surface area contributed by atoms with Crippen molar-refractivity contribution in [3.05, 3.63) is 53.4 Å². The summed E-state index contributed by atoms with van der Waals surface area (Å²) in [6.07, 6.45) is 8.26. The number of hydrogen-bond acceptors (Lipinski definition) is 5. The van der Waals surface area contributed by atoms with Crippen molar-refractivity contribution in [3.63, 3.8) is 0 Å². The van der Waals surface area contributed by atoms with Gasteiger partial charge in [0.15, 0.2) is 0 Å². The average Bonchev–Trinajstić information content (AvgIpc) is 3.25. The van der Waals surface area contributed by atoms with Gasteiger partial charge in [0.1, 0.15) is 5.82 Å². The molecule has 0 radical (unpaired) electrons. The minimum Gasteiger partial charge on any atom is -0.387 e. The summed E-state index contributed by atoms with van der Waals surface area (Å²) in [5, 5.41) is 10.8. The Labute approximate surface area is 152 Å². The van der Waals surface area contributed by atoms with E-state index in [1.54, 1.807) is 12.4 Å². The molecule has 6 heteroatoms. The van der Waals surface area contributed by atoms with Crippen molar-refractivity contribution < 1.29 is 5.11 Å². The van der Waals surface area contributed by atoms with E-state index < -0.39 is 6.10 Å². The summed E-state index contributed by atoms with van der Waals surface area (Å²) >= 11 is 0. The largest absolute Gasteiger partial charge is 0.387 e. The molecule has 0 spiro atoms. The first kappa shape index (κ1) is 15.9. The van der Waals surface area contributed by atoms with E-state index in [-0.39, 0.29) is 0 Å². The highest BCUT2D eigenvalue weighted by Crippen LogP contribution is 2.42. The molecule has 1 N–H and O–H groups in total. The Bertz CT molecular complexity index is 952. The van der Waals surface area contributed by atoms with E-state index in [9.17, 15) is 5.11 Å². The van der Waals surface area contributed by atoms with Crippen LogP contribution in [0.4, 0.5) is 0 Å². The lowest BCUT2D eigenvalue weighted by molar-refractivity contribution is 0.155. The number of aliphatic hydroxyl groups is 1. The van der Waals surface area contributed by atoms with Crippen LogP contribution in [0.15, 0.2) is 30.7 Å². The van der Waals surface area contributed by atoms with Gasteiger partial charge in [0.05, 0.1) is 29.9 Å². The highest BCUT2D eigenvalue weighted by Gasteiger charge is 2.36. The fraction of sp³-hybridized carbons (Fsp3) is 0.450. The van der Waals surface area contributed by atoms with Gasteiger partial charge in [-0.05, 0) is 44.0 Å². The molecule has 0 amide bonds. The molecule has 0 bridgehead atoms. The van der Waals surface area contributed by atoms with Gasteiger partial charge >= 0.3 is 0 Å². The molecule has 0 aliphatic carbocycles. The minimum absolute atomic E-state index is 0.467. The highest BCUT2D eigenvalue weighted by atomic mass is 16.3. The highest BCUT2D eigenvalue weighted by molar-refractivity contribution is 5.82. The Morgan fingerprint density at radius 2 is 2.12 bits per heavy atom. The van der Waals surface area contributed by atoms with Crippen LogP contribution in [0.2, 0.25) is 0 Å². The van der Waals surface area contributed by atoms with Crippen LogP contribution < -0.4 is 0 Å². The molecule has 3 aromatic heterocycles. The Balaban J connectivity index is 1.64. The lowest BCUT2D eigenvalue weighted by Crippen LogP contribution is -2.31. The Kier molecular flexibility index (Phi) is 3.76. The number of rotatable bonds is 3. The predicted octanol–water partition coefficient (Wildman–Crippen LogP) is 2.56. The van der Waals surface area contributed by atoms with Gasteiger partial charge in [0.25, 0.3) is 0 Å². The van der Waals surface area contributed by atoms with Gasteiger partial charge in [0, 0.05) is 42.7 Å². The van der Waals surface area contributed by atoms with Crippen LogP contribution >= 0.6 is 0 Å². The number of pyridine rings is 1. The van der Waals surface area contributed by atoms with Gasteiger partial charge in [-0.2, -0.15) is 0 Å². The maximum absolute atomic E-state index is 10.8. The van der Waals surface area contributed by atoms with Crippen LogP contribution in [0.3, 0.4) is 0 Å². The second-order valence-corrected chi connectivity index (χ2v) is 7.36. The summed E-state index contributed by atoms with van der Waals surface area (Å²) in [7, 11) is 0. The van der Waals surface area contributed by atoms with Gasteiger partial charge < -0.3 is 9.67 Å². The monoisotopic (exact) mass is 349 g/mol. The van der Waals surface area contributed by atoms with Crippen LogP contribution in [-0.2, 0) is 13.0 Å². The smallest absolute Gasteiger partial charge is 0.126 e. The normalized spacial score (nSPS) is 20.9. The average molecular weight is 349 g/mol. The predicted molar refractivity (Wildman–Crippen MR) is 98.7 cm³/mol. The van der Waals surface area contributed by atoms with E-state index in [1.807, 2.05) is 25.3 Å². The van der Waals surface area contributed by atoms with Crippen LogP contribution in [0.25, 0.3) is 11.0 Å². The summed E-state index contributed by atoms with van der Waals surface area (Å²) < 4.78 is 2.25. The van der Waals surface area contributed by atoms with Crippen molar-refractivity contribution >= 4 is 11.0 Å². The minimum atomic E-state index is -0.569. The molecule has 0 saturated carbocycles. The quantitative estimate of drug-likeness (QED) is 0.787. The van der Waals surface area contributed by atoms with Crippen LogP contribution in [0.5, 0.6) is 0 Å². The van der Waals surface area contributed by atoms with Crippen LogP contribution in [-0.4, -0.2) is 42.6 Å². The molecule has 2 unspecified atom stereocenters. The molecule has 6 nitrogen and oxygen atoms in total. The van der Waals surface area contributed by atoms with Crippen molar-refractivity contribution in [2.75, 3.05) is 13.1 Å². The summed E-state index contributed by atoms with van der Waals surface area (Å²) in [4.78, 5) is 15.9. The number of aryl methyl sites for hydroxylation is 1. The molecule has 2 atom stereocenters. The van der Waals surface area contributed by atoms with Crippen LogP contribution in [0, 0.1) is 6.92 Å². The SMILES string of the molecule is Cc1ncc2c(n1)c1c(n2CC(O)c2ccncc2)CCN2CCCC12. The number of hydrogen-bond donors (Lipinski definition) is 1. The standard InChI is InChI=1S/C20H23N5O/c1-13-22-11-17-20(23-13)19-15-3-2-9-24(15)10-6-16(19)25(17)12-18(26)14-4-7-21-8-5-14/h4-5,7-8,11,15,18,26H,2-3,6,9-10,12H2,1H3. The van der Waals surface area contributed by atoms with Gasteiger partial charge in [-0.25, -0.2) is 9.97 Å². The molecule has 134 valence electrons. The summed E-state index contributed by atoms with van der Waals surface area (Å²) in [5.41, 5.74) is 5.71. The van der Waals surface area contributed by atoms with Crippen molar-refractivity contribution in [2.24, 2.45) is 0 Å². The van der Waals surface area contributed by atoms with Gasteiger partial charge in [-0.1, -0.05) is 0 Å². The molecule has 5 rings (SSSR count). The van der Waals surface area contributed by atoms with E-state index in [0.29, 0.717) is 12.6 Å². The van der Waals surface area contributed by atoms with Crippen molar-refractivity contribution in [3.8, 4) is 0 Å². The van der Waals surface area contributed by atoms with Gasteiger partial charge in [0.2, 0.25) is 0 Å². The van der Waals surface area contributed by atoms with E-state index in [0.717, 1.165) is 35.4 Å². The number of nitrogens with zero attached hydrogens (tertiary/aromatic N) is 5. The third-order valence-electron chi connectivity index (χ3n) is 5.85. The lowest BCUT2D eigenvalue weighted by Gasteiger charge is -2.31. The van der Waals surface area contributed by atoms with E-state index in [1.165, 1.54) is 30.6 Å². The fourth-order valence-corrected chi connectivity index (χ4v) is 4.65. The summed E-state index contributed by atoms with van der Waals surface area (Å²) in [6, 6.07) is 4.22. The molecule has 0 aromatic carbocycles. The van der Waals surface area contributed by atoms with E-state index in [2.05, 4.69) is 19.4 Å². The zero-order valence-electron chi connectivity index (χ0n) is 15.0. The molecule has 3 aromatic rings. The van der Waals surface area contributed by atoms with E-state index in [4.69, 9.17) is 4.98 Å². The third kappa shape index (κ3) is 2.44. The van der Waals surface area contributed by atoms with E-state index >= 15 is 0 Å². The third-order valence-corrected chi connectivity index (χ3v) is 5.85. The van der Waals surface area contributed by atoms with Crippen LogP contribution in [0.1, 0.15) is 47.6 Å². The Morgan fingerprint density at radius 3 is 2.96 bits per heavy atom. The molecule has 5 heterocycles. The topological polar surface area (TPSA) is 67.1 Å². The first-order valence-electron chi connectivity index (χ1n) is 9.39. The first-order valence-corrected chi connectivity index (χ1v) is 9.39. The zero-order valence-corrected chi connectivity index (χ0v) is 15.0. The molecular formula is C20H23N5O. The molecule has 1 saturated heterocycles. The van der Waals surface area contributed by atoms with Crippen molar-refractivity contribution in [1.29, 1.82) is 0 Å². The molecular weight excluding hydrogens is 326 g/mol. The Morgan fingerprint density at radius 1 is 1.27 bits per heavy atom. The summed E-state index contributed by atoms with van der Waals surface area (Å²) in [6.45, 7) is 4.74. The second-order valence-electron chi connectivity index (χ2n) is 7.36. The zero-order chi connectivity index (χ0) is 17.7. The number of aliphatic hydroxyl groups excluding tert-OH is 1. The van der Waals surface area contributed by atoms with Crippen molar-refractivity contribution in [2.45, 2.75) is 44.9 Å². The van der Waals surface area contributed by atoms with Gasteiger partial charge in [-0.15, -0.1) is 0 Å². The maximum Gasteiger partial charge on any atom is 0.126 e. The van der Waals surface area contributed by atoms with Crippen molar-refractivity contribution in [1.82, 2.24) is 24.4 Å². The molecule has 2 aliphatic rings. The Hall–Kier alpha value is -2.31.